The topological polar surface area (TPSA) is 75.6 Å². The van der Waals surface area contributed by atoms with Gasteiger partial charge in [-0.25, -0.2) is 0 Å². The third-order valence-corrected chi connectivity index (χ3v) is 3.99. The van der Waals surface area contributed by atoms with E-state index in [2.05, 4.69) is 5.32 Å². The SMILES string of the molecule is Cc1cccc(OCCCC(=O)N[C@@H]2CCC[C@@H]2C(=O)O)c1. The number of amides is 1. The number of carbonyl (C=O) groups is 2. The van der Waals surface area contributed by atoms with Crippen LogP contribution >= 0.6 is 0 Å². The van der Waals surface area contributed by atoms with Crippen molar-refractivity contribution in [1.29, 1.82) is 0 Å². The molecule has 0 aliphatic heterocycles. The minimum Gasteiger partial charge on any atom is -0.494 e. The molecule has 2 atom stereocenters. The Morgan fingerprint density at radius 1 is 1.36 bits per heavy atom. The highest BCUT2D eigenvalue weighted by atomic mass is 16.5. The van der Waals surface area contributed by atoms with Gasteiger partial charge in [0.2, 0.25) is 5.91 Å². The lowest BCUT2D eigenvalue weighted by atomic mass is 10.0. The van der Waals surface area contributed by atoms with Gasteiger partial charge in [-0.3, -0.25) is 9.59 Å². The Labute approximate surface area is 130 Å². The average molecular weight is 305 g/mol. The molecular formula is C17H23NO4. The molecule has 0 heterocycles. The second-order valence-electron chi connectivity index (χ2n) is 5.82. The third kappa shape index (κ3) is 4.76. The lowest BCUT2D eigenvalue weighted by Crippen LogP contribution is -2.40. The van der Waals surface area contributed by atoms with Gasteiger partial charge in [-0.1, -0.05) is 18.6 Å². The zero-order chi connectivity index (χ0) is 15.9. The van der Waals surface area contributed by atoms with Crippen LogP contribution in [0.5, 0.6) is 5.75 Å². The first-order chi connectivity index (χ1) is 10.6. The van der Waals surface area contributed by atoms with Crippen LogP contribution in [0.2, 0.25) is 0 Å². The van der Waals surface area contributed by atoms with Crippen LogP contribution in [-0.2, 0) is 9.59 Å². The average Bonchev–Trinajstić information content (AvgIpc) is 2.92. The van der Waals surface area contributed by atoms with Crippen molar-refractivity contribution in [2.24, 2.45) is 5.92 Å². The largest absolute Gasteiger partial charge is 0.494 e. The number of carboxylic acids is 1. The number of benzene rings is 1. The molecule has 1 saturated carbocycles. The molecule has 1 aliphatic rings. The van der Waals surface area contributed by atoms with Crippen molar-refractivity contribution >= 4 is 11.9 Å². The van der Waals surface area contributed by atoms with Gasteiger partial charge in [0.15, 0.2) is 0 Å². The Hall–Kier alpha value is -2.04. The first kappa shape index (κ1) is 16.3. The summed E-state index contributed by atoms with van der Waals surface area (Å²) in [6.07, 6.45) is 3.23. The molecule has 120 valence electrons. The van der Waals surface area contributed by atoms with Crippen LogP contribution in [0.25, 0.3) is 0 Å². The molecule has 1 aromatic rings. The van der Waals surface area contributed by atoms with E-state index in [1.807, 2.05) is 31.2 Å². The molecular weight excluding hydrogens is 282 g/mol. The van der Waals surface area contributed by atoms with Crippen molar-refractivity contribution in [3.63, 3.8) is 0 Å². The number of carbonyl (C=O) groups excluding carboxylic acids is 1. The Morgan fingerprint density at radius 3 is 2.91 bits per heavy atom. The van der Waals surface area contributed by atoms with Gasteiger partial charge in [-0.2, -0.15) is 0 Å². The zero-order valence-corrected chi connectivity index (χ0v) is 12.9. The molecule has 1 fully saturated rings. The molecule has 5 heteroatoms. The maximum Gasteiger partial charge on any atom is 0.308 e. The molecule has 0 radical (unpaired) electrons. The van der Waals surface area contributed by atoms with Crippen molar-refractivity contribution in [2.75, 3.05) is 6.61 Å². The Balaban J connectivity index is 1.66. The van der Waals surface area contributed by atoms with E-state index in [0.717, 1.165) is 24.2 Å². The molecule has 1 amide bonds. The molecule has 1 aliphatic carbocycles. The first-order valence-electron chi connectivity index (χ1n) is 7.78. The van der Waals surface area contributed by atoms with Gasteiger partial charge in [-0.05, 0) is 43.9 Å². The van der Waals surface area contributed by atoms with Crippen LogP contribution in [-0.4, -0.2) is 29.6 Å². The molecule has 2 N–H and O–H groups in total. The first-order valence-corrected chi connectivity index (χ1v) is 7.78. The lowest BCUT2D eigenvalue weighted by Gasteiger charge is -2.17. The molecule has 5 nitrogen and oxygen atoms in total. The van der Waals surface area contributed by atoms with Gasteiger partial charge >= 0.3 is 5.97 Å². The molecule has 2 rings (SSSR count). The van der Waals surface area contributed by atoms with Crippen LogP contribution in [0.1, 0.15) is 37.7 Å². The fourth-order valence-electron chi connectivity index (χ4n) is 2.84. The normalized spacial score (nSPS) is 20.6. The molecule has 0 unspecified atom stereocenters. The monoisotopic (exact) mass is 305 g/mol. The minimum absolute atomic E-state index is 0.0917. The van der Waals surface area contributed by atoms with Crippen molar-refractivity contribution in [3.05, 3.63) is 29.8 Å². The van der Waals surface area contributed by atoms with E-state index in [1.165, 1.54) is 0 Å². The number of hydrogen-bond donors (Lipinski definition) is 2. The van der Waals surface area contributed by atoms with Crippen LogP contribution in [0.4, 0.5) is 0 Å². The number of aliphatic carboxylic acids is 1. The van der Waals surface area contributed by atoms with E-state index in [0.29, 0.717) is 25.9 Å². The highest BCUT2D eigenvalue weighted by molar-refractivity contribution is 5.78. The van der Waals surface area contributed by atoms with Crippen LogP contribution in [0.3, 0.4) is 0 Å². The highest BCUT2D eigenvalue weighted by Crippen LogP contribution is 2.25. The summed E-state index contributed by atoms with van der Waals surface area (Å²) in [6.45, 7) is 2.48. The second-order valence-corrected chi connectivity index (χ2v) is 5.82. The van der Waals surface area contributed by atoms with Crippen molar-refractivity contribution < 1.29 is 19.4 Å². The molecule has 22 heavy (non-hydrogen) atoms. The summed E-state index contributed by atoms with van der Waals surface area (Å²) in [4.78, 5) is 22.9. The van der Waals surface area contributed by atoms with E-state index in [9.17, 15) is 9.59 Å². The fraction of sp³-hybridized carbons (Fsp3) is 0.529. The predicted molar refractivity (Wildman–Crippen MR) is 82.8 cm³/mol. The van der Waals surface area contributed by atoms with Crippen molar-refractivity contribution in [3.8, 4) is 5.75 Å². The third-order valence-electron chi connectivity index (χ3n) is 3.99. The van der Waals surface area contributed by atoms with Crippen molar-refractivity contribution in [2.45, 2.75) is 45.1 Å². The van der Waals surface area contributed by atoms with E-state index in [1.54, 1.807) is 0 Å². The summed E-state index contributed by atoms with van der Waals surface area (Å²) < 4.78 is 5.59. The number of ether oxygens (including phenoxy) is 1. The minimum atomic E-state index is -0.814. The molecule has 0 aromatic heterocycles. The molecule has 0 bridgehead atoms. The quantitative estimate of drug-likeness (QED) is 0.759. The number of aryl methyl sites for hydroxylation is 1. The molecule has 1 aromatic carbocycles. The number of nitrogens with one attached hydrogen (secondary N) is 1. The van der Waals surface area contributed by atoms with Crippen LogP contribution in [0.15, 0.2) is 24.3 Å². The van der Waals surface area contributed by atoms with Gasteiger partial charge < -0.3 is 15.2 Å². The Bertz CT molecular complexity index is 529. The van der Waals surface area contributed by atoms with E-state index >= 15 is 0 Å². The smallest absolute Gasteiger partial charge is 0.308 e. The Morgan fingerprint density at radius 2 is 2.18 bits per heavy atom. The summed E-state index contributed by atoms with van der Waals surface area (Å²) >= 11 is 0. The van der Waals surface area contributed by atoms with Gasteiger partial charge in [0.05, 0.1) is 12.5 Å². The summed E-state index contributed by atoms with van der Waals surface area (Å²) in [5.41, 5.74) is 1.14. The number of rotatable bonds is 7. The summed E-state index contributed by atoms with van der Waals surface area (Å²) in [7, 11) is 0. The maximum absolute atomic E-state index is 11.9. The van der Waals surface area contributed by atoms with Crippen molar-refractivity contribution in [1.82, 2.24) is 5.32 Å². The second kappa shape index (κ2) is 7.82. The van der Waals surface area contributed by atoms with Gasteiger partial charge in [0, 0.05) is 12.5 Å². The molecule has 0 saturated heterocycles. The summed E-state index contributed by atoms with van der Waals surface area (Å²) in [6, 6.07) is 7.56. The number of carboxylic acid groups (broad SMARTS) is 1. The zero-order valence-electron chi connectivity index (χ0n) is 12.9. The van der Waals surface area contributed by atoms with Crippen LogP contribution < -0.4 is 10.1 Å². The van der Waals surface area contributed by atoms with Gasteiger partial charge in [-0.15, -0.1) is 0 Å². The maximum atomic E-state index is 11.9. The molecule has 0 spiro atoms. The summed E-state index contributed by atoms with van der Waals surface area (Å²) in [5.74, 6) is -0.536. The fourth-order valence-corrected chi connectivity index (χ4v) is 2.84. The summed E-state index contributed by atoms with van der Waals surface area (Å²) in [5, 5.41) is 11.9. The standard InChI is InChI=1S/C17H23NO4/c1-12-5-2-6-13(11-12)22-10-4-9-16(19)18-15-8-3-7-14(15)17(20)21/h2,5-6,11,14-15H,3-4,7-10H2,1H3,(H,18,19)(H,20,21)/t14-,15+/m0/s1. The van der Waals surface area contributed by atoms with E-state index < -0.39 is 11.9 Å². The van der Waals surface area contributed by atoms with E-state index in [-0.39, 0.29) is 11.9 Å². The lowest BCUT2D eigenvalue weighted by molar-refractivity contribution is -0.142. The van der Waals surface area contributed by atoms with E-state index in [4.69, 9.17) is 9.84 Å². The van der Waals surface area contributed by atoms with Gasteiger partial charge in [0.1, 0.15) is 5.75 Å². The van der Waals surface area contributed by atoms with Crippen LogP contribution in [0, 0.1) is 12.8 Å². The Kier molecular flexibility index (Phi) is 5.81. The predicted octanol–water partition coefficient (Wildman–Crippen LogP) is 2.52. The highest BCUT2D eigenvalue weighted by Gasteiger charge is 2.33. The number of hydrogen-bond acceptors (Lipinski definition) is 3. The van der Waals surface area contributed by atoms with Gasteiger partial charge in [0.25, 0.3) is 0 Å².